The molecule has 0 spiro atoms. The number of ether oxygens (including phenoxy) is 2. The van der Waals surface area contributed by atoms with Gasteiger partial charge in [-0.25, -0.2) is 0 Å². The van der Waals surface area contributed by atoms with Crippen molar-refractivity contribution in [2.45, 2.75) is 26.2 Å². The van der Waals surface area contributed by atoms with E-state index in [1.807, 2.05) is 12.1 Å². The molecule has 0 heterocycles. The lowest BCUT2D eigenvalue weighted by atomic mass is 10.1. The van der Waals surface area contributed by atoms with Gasteiger partial charge in [-0.15, -0.1) is 0 Å². The standard InChI is InChI=1S/C14H23NO2/c1-4-9-15-10-5-6-12-7-8-13(16-2)11-14(12)17-3/h7-8,11,15H,4-6,9-10H2,1-3H3. The van der Waals surface area contributed by atoms with Crippen LogP contribution in [0, 0.1) is 0 Å². The fourth-order valence-corrected chi connectivity index (χ4v) is 1.76. The van der Waals surface area contributed by atoms with Crippen LogP contribution in [0.3, 0.4) is 0 Å². The molecule has 17 heavy (non-hydrogen) atoms. The number of rotatable bonds is 8. The van der Waals surface area contributed by atoms with Crippen molar-refractivity contribution in [2.75, 3.05) is 27.3 Å². The second-order valence-electron chi connectivity index (χ2n) is 4.03. The third-order valence-electron chi connectivity index (χ3n) is 2.72. The third-order valence-corrected chi connectivity index (χ3v) is 2.72. The largest absolute Gasteiger partial charge is 0.497 e. The lowest BCUT2D eigenvalue weighted by Crippen LogP contribution is -2.16. The van der Waals surface area contributed by atoms with E-state index in [1.54, 1.807) is 14.2 Å². The molecule has 0 aliphatic carbocycles. The van der Waals surface area contributed by atoms with Gasteiger partial charge in [0, 0.05) is 6.07 Å². The first-order chi connectivity index (χ1) is 8.31. The number of hydrogen-bond acceptors (Lipinski definition) is 3. The van der Waals surface area contributed by atoms with E-state index in [0.29, 0.717) is 0 Å². The Morgan fingerprint density at radius 1 is 1.12 bits per heavy atom. The van der Waals surface area contributed by atoms with Crippen LogP contribution in [0.5, 0.6) is 11.5 Å². The summed E-state index contributed by atoms with van der Waals surface area (Å²) in [5.74, 6) is 1.76. The fourth-order valence-electron chi connectivity index (χ4n) is 1.76. The van der Waals surface area contributed by atoms with Crippen LogP contribution < -0.4 is 14.8 Å². The van der Waals surface area contributed by atoms with Crippen LogP contribution in [0.15, 0.2) is 18.2 Å². The molecule has 96 valence electrons. The molecule has 3 heteroatoms. The van der Waals surface area contributed by atoms with E-state index >= 15 is 0 Å². The van der Waals surface area contributed by atoms with Gasteiger partial charge in [0.1, 0.15) is 11.5 Å². The molecule has 0 saturated heterocycles. The van der Waals surface area contributed by atoms with Crippen molar-refractivity contribution in [1.29, 1.82) is 0 Å². The summed E-state index contributed by atoms with van der Waals surface area (Å²) in [6.07, 6.45) is 3.35. The van der Waals surface area contributed by atoms with Gasteiger partial charge >= 0.3 is 0 Å². The van der Waals surface area contributed by atoms with E-state index in [-0.39, 0.29) is 0 Å². The average molecular weight is 237 g/mol. The van der Waals surface area contributed by atoms with Crippen LogP contribution in [-0.4, -0.2) is 27.3 Å². The first kappa shape index (κ1) is 13.8. The molecule has 0 aromatic heterocycles. The maximum atomic E-state index is 5.37. The summed E-state index contributed by atoms with van der Waals surface area (Å²) in [6, 6.07) is 6.00. The molecule has 0 radical (unpaired) electrons. The number of methoxy groups -OCH3 is 2. The Balaban J connectivity index is 2.46. The minimum Gasteiger partial charge on any atom is -0.497 e. The number of benzene rings is 1. The van der Waals surface area contributed by atoms with Gasteiger partial charge in [-0.05, 0) is 44.0 Å². The maximum absolute atomic E-state index is 5.37. The normalized spacial score (nSPS) is 10.3. The first-order valence-electron chi connectivity index (χ1n) is 6.23. The molecular formula is C14H23NO2. The second kappa shape index (κ2) is 7.96. The quantitative estimate of drug-likeness (QED) is 0.705. The Morgan fingerprint density at radius 2 is 1.94 bits per heavy atom. The average Bonchev–Trinajstić information content (AvgIpc) is 2.38. The predicted octanol–water partition coefficient (Wildman–Crippen LogP) is 2.64. The highest BCUT2D eigenvalue weighted by atomic mass is 16.5. The van der Waals surface area contributed by atoms with Crippen molar-refractivity contribution in [2.24, 2.45) is 0 Å². The SMILES string of the molecule is CCCNCCCc1ccc(OC)cc1OC. The van der Waals surface area contributed by atoms with Crippen LogP contribution in [0.2, 0.25) is 0 Å². The maximum Gasteiger partial charge on any atom is 0.125 e. The van der Waals surface area contributed by atoms with E-state index in [2.05, 4.69) is 18.3 Å². The summed E-state index contributed by atoms with van der Waals surface area (Å²) < 4.78 is 10.5. The zero-order valence-corrected chi connectivity index (χ0v) is 11.1. The van der Waals surface area contributed by atoms with E-state index in [1.165, 1.54) is 12.0 Å². The Bertz CT molecular complexity index is 326. The molecule has 0 bridgehead atoms. The lowest BCUT2D eigenvalue weighted by Gasteiger charge is -2.10. The van der Waals surface area contributed by atoms with Crippen LogP contribution in [0.1, 0.15) is 25.3 Å². The van der Waals surface area contributed by atoms with Gasteiger partial charge in [0.25, 0.3) is 0 Å². The highest BCUT2D eigenvalue weighted by Crippen LogP contribution is 2.25. The molecule has 3 nitrogen and oxygen atoms in total. The van der Waals surface area contributed by atoms with E-state index in [9.17, 15) is 0 Å². The van der Waals surface area contributed by atoms with Crippen LogP contribution in [0.4, 0.5) is 0 Å². The monoisotopic (exact) mass is 237 g/mol. The molecule has 1 N–H and O–H groups in total. The molecule has 0 unspecified atom stereocenters. The van der Waals surface area contributed by atoms with Crippen molar-refractivity contribution >= 4 is 0 Å². The predicted molar refractivity (Wildman–Crippen MR) is 71.0 cm³/mol. The fraction of sp³-hybridized carbons (Fsp3) is 0.571. The van der Waals surface area contributed by atoms with Crippen LogP contribution in [-0.2, 0) is 6.42 Å². The highest BCUT2D eigenvalue weighted by Gasteiger charge is 2.04. The summed E-state index contributed by atoms with van der Waals surface area (Å²) in [6.45, 7) is 4.34. The molecule has 0 aliphatic heterocycles. The molecule has 0 fully saturated rings. The van der Waals surface area contributed by atoms with Crippen LogP contribution >= 0.6 is 0 Å². The third kappa shape index (κ3) is 4.65. The van der Waals surface area contributed by atoms with Gasteiger partial charge in [-0.1, -0.05) is 13.0 Å². The molecule has 1 rings (SSSR count). The first-order valence-corrected chi connectivity index (χ1v) is 6.23. The van der Waals surface area contributed by atoms with E-state index in [0.717, 1.165) is 37.4 Å². The Labute approximate surface area is 104 Å². The number of aryl methyl sites for hydroxylation is 1. The second-order valence-corrected chi connectivity index (χ2v) is 4.03. The van der Waals surface area contributed by atoms with Gasteiger partial charge in [0.15, 0.2) is 0 Å². The zero-order chi connectivity index (χ0) is 12.5. The van der Waals surface area contributed by atoms with Gasteiger partial charge in [-0.2, -0.15) is 0 Å². The smallest absolute Gasteiger partial charge is 0.125 e. The lowest BCUT2D eigenvalue weighted by molar-refractivity contribution is 0.390. The van der Waals surface area contributed by atoms with Crippen molar-refractivity contribution in [3.63, 3.8) is 0 Å². The van der Waals surface area contributed by atoms with E-state index < -0.39 is 0 Å². The minimum absolute atomic E-state index is 0.842. The Kier molecular flexibility index (Phi) is 6.48. The van der Waals surface area contributed by atoms with Gasteiger partial charge in [0.05, 0.1) is 14.2 Å². The summed E-state index contributed by atoms with van der Waals surface area (Å²) in [7, 11) is 3.37. The molecule has 0 aliphatic rings. The van der Waals surface area contributed by atoms with Crippen molar-refractivity contribution < 1.29 is 9.47 Å². The molecule has 1 aromatic carbocycles. The Hall–Kier alpha value is -1.22. The summed E-state index contributed by atoms with van der Waals surface area (Å²) >= 11 is 0. The number of nitrogens with one attached hydrogen (secondary N) is 1. The van der Waals surface area contributed by atoms with E-state index in [4.69, 9.17) is 9.47 Å². The summed E-state index contributed by atoms with van der Waals surface area (Å²) in [5.41, 5.74) is 1.24. The van der Waals surface area contributed by atoms with Crippen LogP contribution in [0.25, 0.3) is 0 Å². The summed E-state index contributed by atoms with van der Waals surface area (Å²) in [5, 5.41) is 3.40. The molecule has 0 saturated carbocycles. The zero-order valence-electron chi connectivity index (χ0n) is 11.1. The molecule has 1 aromatic rings. The number of hydrogen-bond donors (Lipinski definition) is 1. The molecule has 0 atom stereocenters. The van der Waals surface area contributed by atoms with Crippen molar-refractivity contribution in [1.82, 2.24) is 5.32 Å². The van der Waals surface area contributed by atoms with Crippen molar-refractivity contribution in [3.8, 4) is 11.5 Å². The van der Waals surface area contributed by atoms with Crippen molar-refractivity contribution in [3.05, 3.63) is 23.8 Å². The Morgan fingerprint density at radius 3 is 2.59 bits per heavy atom. The minimum atomic E-state index is 0.842. The van der Waals surface area contributed by atoms with Gasteiger partial charge in [-0.3, -0.25) is 0 Å². The topological polar surface area (TPSA) is 30.5 Å². The molecule has 0 amide bonds. The summed E-state index contributed by atoms with van der Waals surface area (Å²) in [4.78, 5) is 0. The highest BCUT2D eigenvalue weighted by molar-refractivity contribution is 5.40. The van der Waals surface area contributed by atoms with Gasteiger partial charge in [0.2, 0.25) is 0 Å². The molecular weight excluding hydrogens is 214 g/mol. The van der Waals surface area contributed by atoms with Gasteiger partial charge < -0.3 is 14.8 Å².